The molecule has 2 N–H and O–H groups in total. The highest BCUT2D eigenvalue weighted by Gasteiger charge is 2.19. The fourth-order valence-electron chi connectivity index (χ4n) is 2.30. The molecule has 0 bridgehead atoms. The van der Waals surface area contributed by atoms with Crippen LogP contribution in [0.15, 0.2) is 42.5 Å². The van der Waals surface area contributed by atoms with Crippen LogP contribution < -0.4 is 5.73 Å². The van der Waals surface area contributed by atoms with E-state index in [1.54, 1.807) is 18.2 Å². The molecule has 0 unspecified atom stereocenters. The molecule has 0 aliphatic rings. The number of carbonyl (C=O) groups excluding carboxylic acids is 1. The number of benzene rings is 2. The van der Waals surface area contributed by atoms with Crippen molar-refractivity contribution in [3.8, 4) is 0 Å². The Bertz CT molecular complexity index is 911. The molecule has 3 aromatic rings. The molecule has 0 atom stereocenters. The van der Waals surface area contributed by atoms with E-state index in [2.05, 4.69) is 4.98 Å². The zero-order chi connectivity index (χ0) is 17.3. The Hall–Kier alpha value is -2.67. The van der Waals surface area contributed by atoms with Crippen LogP contribution in [0, 0.1) is 0 Å². The Kier molecular flexibility index (Phi) is 4.35. The lowest BCUT2D eigenvalue weighted by Crippen LogP contribution is -2.11. The van der Waals surface area contributed by atoms with E-state index in [9.17, 15) is 13.6 Å². The van der Waals surface area contributed by atoms with Crippen LogP contribution in [0.1, 0.15) is 22.7 Å². The van der Waals surface area contributed by atoms with Crippen LogP contribution in [0.3, 0.4) is 0 Å². The Morgan fingerprint density at radius 2 is 2.04 bits per heavy atom. The van der Waals surface area contributed by atoms with Crippen molar-refractivity contribution in [2.75, 3.05) is 5.73 Å². The van der Waals surface area contributed by atoms with Crippen LogP contribution in [0.2, 0.25) is 5.02 Å². The number of fused-ring (bicyclic) bond motifs is 1. The normalized spacial score (nSPS) is 11.2. The molecular weight excluding hydrogens is 340 g/mol. The van der Waals surface area contributed by atoms with E-state index >= 15 is 0 Å². The first-order chi connectivity index (χ1) is 11.5. The molecule has 0 fully saturated rings. The van der Waals surface area contributed by atoms with E-state index in [0.29, 0.717) is 10.5 Å². The Morgan fingerprint density at radius 1 is 1.29 bits per heavy atom. The summed E-state index contributed by atoms with van der Waals surface area (Å²) >= 11 is 5.79. The first kappa shape index (κ1) is 16.2. The molecule has 0 aliphatic heterocycles. The third kappa shape index (κ3) is 3.03. The number of nitrogens with zero attached hydrogens (tertiary/aromatic N) is 2. The summed E-state index contributed by atoms with van der Waals surface area (Å²) in [7, 11) is 0. The summed E-state index contributed by atoms with van der Waals surface area (Å²) < 4.78 is 32.4. The smallest absolute Gasteiger partial charge is 0.338 e. The van der Waals surface area contributed by atoms with Gasteiger partial charge in [0.15, 0.2) is 5.82 Å². The number of ether oxygens (including phenoxy) is 1. The quantitative estimate of drug-likeness (QED) is 0.569. The molecular formula is C16H12ClF2N3O2. The van der Waals surface area contributed by atoms with Crippen LogP contribution in [0.4, 0.5) is 14.5 Å². The number of carbonyl (C=O) groups is 1. The Morgan fingerprint density at radius 3 is 2.75 bits per heavy atom. The highest BCUT2D eigenvalue weighted by atomic mass is 35.5. The number of nitrogen functional groups attached to an aromatic ring is 1. The molecule has 8 heteroatoms. The van der Waals surface area contributed by atoms with Crippen molar-refractivity contribution in [3.63, 3.8) is 0 Å². The average molecular weight is 352 g/mol. The van der Waals surface area contributed by atoms with Crippen molar-refractivity contribution in [1.29, 1.82) is 0 Å². The van der Waals surface area contributed by atoms with Crippen LogP contribution in [-0.4, -0.2) is 15.5 Å². The van der Waals surface area contributed by atoms with Crippen LogP contribution in [0.5, 0.6) is 0 Å². The maximum Gasteiger partial charge on any atom is 0.338 e. The number of rotatable bonds is 4. The van der Waals surface area contributed by atoms with Crippen molar-refractivity contribution < 1.29 is 18.3 Å². The van der Waals surface area contributed by atoms with Crippen molar-refractivity contribution in [3.05, 3.63) is 58.9 Å². The van der Waals surface area contributed by atoms with Gasteiger partial charge in [0.2, 0.25) is 0 Å². The Balaban J connectivity index is 1.83. The minimum atomic E-state index is -2.79. The number of nitrogens with two attached hydrogens (primary N) is 1. The van der Waals surface area contributed by atoms with E-state index < -0.39 is 12.5 Å². The molecule has 0 radical (unpaired) electrons. The van der Waals surface area contributed by atoms with Crippen molar-refractivity contribution in [2.24, 2.45) is 0 Å². The second kappa shape index (κ2) is 6.45. The van der Waals surface area contributed by atoms with Gasteiger partial charge in [0.05, 0.1) is 27.3 Å². The average Bonchev–Trinajstić information content (AvgIpc) is 2.93. The largest absolute Gasteiger partial charge is 0.454 e. The number of aromatic nitrogens is 2. The number of hydrogen-bond acceptors (Lipinski definition) is 4. The molecule has 124 valence electrons. The van der Waals surface area contributed by atoms with Gasteiger partial charge < -0.3 is 10.5 Å². The minimum absolute atomic E-state index is 0.0403. The third-order valence-corrected chi connectivity index (χ3v) is 3.77. The predicted molar refractivity (Wildman–Crippen MR) is 86.0 cm³/mol. The van der Waals surface area contributed by atoms with E-state index in [1.165, 1.54) is 24.3 Å². The maximum absolute atomic E-state index is 13.3. The van der Waals surface area contributed by atoms with Gasteiger partial charge in [-0.2, -0.15) is 8.78 Å². The summed E-state index contributed by atoms with van der Waals surface area (Å²) in [6.07, 6.45) is 0. The number of para-hydroxylation sites is 2. The summed E-state index contributed by atoms with van der Waals surface area (Å²) in [5.74, 6) is -0.743. The highest BCUT2D eigenvalue weighted by Crippen LogP contribution is 2.24. The lowest BCUT2D eigenvalue weighted by molar-refractivity contribution is 0.0387. The summed E-state index contributed by atoms with van der Waals surface area (Å²) in [4.78, 5) is 16.1. The number of halogens is 3. The molecule has 0 saturated carbocycles. The van der Waals surface area contributed by atoms with Crippen LogP contribution in [-0.2, 0) is 11.3 Å². The number of alkyl halides is 2. The van der Waals surface area contributed by atoms with E-state index in [0.717, 1.165) is 4.57 Å². The molecule has 0 aliphatic carbocycles. The van der Waals surface area contributed by atoms with Gasteiger partial charge in [-0.15, -0.1) is 0 Å². The standard InChI is InChI=1S/C16H12ClF2N3O2/c17-10-6-5-9(7-11(10)20)15(23)24-8-14-21-12-3-1-2-4-13(12)22(14)16(18)19/h1-7,16H,8,20H2. The van der Waals surface area contributed by atoms with Crippen molar-refractivity contribution >= 4 is 34.3 Å². The van der Waals surface area contributed by atoms with Crippen molar-refractivity contribution in [2.45, 2.75) is 13.2 Å². The van der Waals surface area contributed by atoms with Gasteiger partial charge in [-0.25, -0.2) is 9.78 Å². The van der Waals surface area contributed by atoms with Gasteiger partial charge in [-0.05, 0) is 30.3 Å². The molecule has 1 aromatic heterocycles. The fourth-order valence-corrected chi connectivity index (χ4v) is 2.42. The van der Waals surface area contributed by atoms with Gasteiger partial charge in [0.25, 0.3) is 0 Å². The molecule has 0 amide bonds. The minimum Gasteiger partial charge on any atom is -0.454 e. The lowest BCUT2D eigenvalue weighted by atomic mass is 10.2. The zero-order valence-corrected chi connectivity index (χ0v) is 13.0. The fraction of sp³-hybridized carbons (Fsp3) is 0.125. The number of anilines is 1. The van der Waals surface area contributed by atoms with E-state index in [4.69, 9.17) is 22.1 Å². The van der Waals surface area contributed by atoms with E-state index in [1.807, 2.05) is 0 Å². The van der Waals surface area contributed by atoms with Gasteiger partial charge in [0.1, 0.15) is 6.61 Å². The third-order valence-electron chi connectivity index (χ3n) is 3.43. The maximum atomic E-state index is 13.3. The molecule has 0 spiro atoms. The van der Waals surface area contributed by atoms with Crippen molar-refractivity contribution in [1.82, 2.24) is 9.55 Å². The Labute approximate surface area is 140 Å². The molecule has 2 aromatic carbocycles. The van der Waals surface area contributed by atoms with Gasteiger partial charge in [-0.3, -0.25) is 4.57 Å². The lowest BCUT2D eigenvalue weighted by Gasteiger charge is -2.09. The topological polar surface area (TPSA) is 70.1 Å². The monoisotopic (exact) mass is 351 g/mol. The molecule has 0 saturated heterocycles. The molecule has 1 heterocycles. The van der Waals surface area contributed by atoms with Crippen LogP contribution in [0.25, 0.3) is 11.0 Å². The zero-order valence-electron chi connectivity index (χ0n) is 12.2. The molecule has 3 rings (SSSR count). The first-order valence-corrected chi connectivity index (χ1v) is 7.31. The van der Waals surface area contributed by atoms with E-state index in [-0.39, 0.29) is 29.2 Å². The highest BCUT2D eigenvalue weighted by molar-refractivity contribution is 6.33. The summed E-state index contributed by atoms with van der Waals surface area (Å²) in [5.41, 5.74) is 6.71. The molecule has 24 heavy (non-hydrogen) atoms. The number of esters is 1. The van der Waals surface area contributed by atoms with Gasteiger partial charge >= 0.3 is 12.5 Å². The number of hydrogen-bond donors (Lipinski definition) is 1. The predicted octanol–water partition coefficient (Wildman–Crippen LogP) is 4.02. The summed E-state index contributed by atoms with van der Waals surface area (Å²) in [6, 6.07) is 10.7. The van der Waals surface area contributed by atoms with Gasteiger partial charge in [-0.1, -0.05) is 23.7 Å². The SMILES string of the molecule is Nc1cc(C(=O)OCc2nc3ccccc3n2C(F)F)ccc1Cl. The summed E-state index contributed by atoms with van der Waals surface area (Å²) in [6.45, 7) is -3.18. The first-order valence-electron chi connectivity index (χ1n) is 6.93. The number of imidazole rings is 1. The second-order valence-corrected chi connectivity index (χ2v) is 5.38. The molecule has 5 nitrogen and oxygen atoms in total. The summed E-state index contributed by atoms with van der Waals surface area (Å²) in [5, 5.41) is 0.311. The van der Waals surface area contributed by atoms with Gasteiger partial charge in [0, 0.05) is 0 Å². The second-order valence-electron chi connectivity index (χ2n) is 4.98. The van der Waals surface area contributed by atoms with Crippen LogP contribution >= 0.6 is 11.6 Å².